The van der Waals surface area contributed by atoms with Gasteiger partial charge in [-0.1, -0.05) is 26.7 Å². The second kappa shape index (κ2) is 6.05. The number of hydroxylamine groups is 1. The Balaban J connectivity index is 2.75. The van der Waals surface area contributed by atoms with Gasteiger partial charge in [0.15, 0.2) is 0 Å². The maximum atomic E-state index is 9.72. The Labute approximate surface area is 57.2 Å². The molecule has 0 aromatic heterocycles. The van der Waals surface area contributed by atoms with Crippen molar-refractivity contribution >= 4 is 0 Å². The summed E-state index contributed by atoms with van der Waals surface area (Å²) >= 11 is 0. The van der Waals surface area contributed by atoms with Gasteiger partial charge in [0.25, 0.3) is 0 Å². The summed E-state index contributed by atoms with van der Waals surface area (Å²) in [5, 5.41) is 9.72. The Hall–Kier alpha value is -0.0800. The smallest absolute Gasteiger partial charge is 0.0170 e. The summed E-state index contributed by atoms with van der Waals surface area (Å²) in [6.45, 7) is 5.02. The van der Waals surface area contributed by atoms with Gasteiger partial charge in [0.2, 0.25) is 0 Å². The summed E-state index contributed by atoms with van der Waals surface area (Å²) in [6.07, 6.45) is 3.43. The van der Waals surface area contributed by atoms with Crippen molar-refractivity contribution in [1.82, 2.24) is 5.48 Å². The summed E-state index contributed by atoms with van der Waals surface area (Å²) < 4.78 is 0. The van der Waals surface area contributed by atoms with Gasteiger partial charge >= 0.3 is 0 Å². The molecular formula is C7H16NO-. The second-order valence-electron chi connectivity index (χ2n) is 2.78. The largest absolute Gasteiger partial charge is 0.788 e. The van der Waals surface area contributed by atoms with Crippen LogP contribution in [0.4, 0.5) is 0 Å². The highest BCUT2D eigenvalue weighted by Crippen LogP contribution is 2.04. The highest BCUT2D eigenvalue weighted by Gasteiger charge is 1.91. The van der Waals surface area contributed by atoms with Gasteiger partial charge in [0.1, 0.15) is 0 Å². The minimum absolute atomic E-state index is 0.618. The third-order valence-electron chi connectivity index (χ3n) is 1.31. The van der Waals surface area contributed by atoms with Crippen molar-refractivity contribution in [2.75, 3.05) is 6.54 Å². The van der Waals surface area contributed by atoms with E-state index in [2.05, 4.69) is 13.8 Å². The summed E-state index contributed by atoms with van der Waals surface area (Å²) in [6, 6.07) is 0. The van der Waals surface area contributed by atoms with Gasteiger partial charge in [-0.3, -0.25) is 0 Å². The molecule has 0 radical (unpaired) electrons. The SMILES string of the molecule is CC(C)CCCCN[O-]. The molecule has 0 aromatic carbocycles. The molecule has 0 aliphatic carbocycles. The van der Waals surface area contributed by atoms with E-state index in [1.165, 1.54) is 12.8 Å². The van der Waals surface area contributed by atoms with E-state index in [0.29, 0.717) is 6.54 Å². The molecule has 0 aliphatic rings. The van der Waals surface area contributed by atoms with E-state index >= 15 is 0 Å². The number of unbranched alkanes of at least 4 members (excludes halogenated alkanes) is 1. The third-order valence-corrected chi connectivity index (χ3v) is 1.31. The first-order chi connectivity index (χ1) is 4.27. The Morgan fingerprint density at radius 3 is 2.44 bits per heavy atom. The lowest BCUT2D eigenvalue weighted by Gasteiger charge is -2.07. The van der Waals surface area contributed by atoms with Crippen LogP contribution in [0, 0.1) is 11.1 Å². The Bertz CT molecular complexity index is 54.9. The number of hydrogen-bond donors (Lipinski definition) is 1. The molecule has 0 aliphatic heterocycles. The molecule has 9 heavy (non-hydrogen) atoms. The highest BCUT2D eigenvalue weighted by atomic mass is 16.5. The standard InChI is InChI=1S/C7H16NO/c1-7(2)5-3-4-6-8-9/h7-8H,3-6H2,1-2H3/q-1. The molecule has 0 heterocycles. The molecule has 0 saturated carbocycles. The highest BCUT2D eigenvalue weighted by molar-refractivity contribution is 4.49. The van der Waals surface area contributed by atoms with E-state index in [1.807, 2.05) is 5.48 Å². The lowest BCUT2D eigenvalue weighted by molar-refractivity contribution is 0.533. The fourth-order valence-corrected chi connectivity index (χ4v) is 0.750. The van der Waals surface area contributed by atoms with E-state index in [9.17, 15) is 5.21 Å². The molecule has 0 fully saturated rings. The maximum absolute atomic E-state index is 9.72. The van der Waals surface area contributed by atoms with Gasteiger partial charge in [-0.25, -0.2) is 0 Å². The second-order valence-corrected chi connectivity index (χ2v) is 2.78. The fourth-order valence-electron chi connectivity index (χ4n) is 0.750. The predicted octanol–water partition coefficient (Wildman–Crippen LogP) is 1.90. The number of nitrogens with one attached hydrogen (secondary N) is 1. The minimum atomic E-state index is 0.618. The molecule has 0 saturated heterocycles. The van der Waals surface area contributed by atoms with Crippen LogP contribution in [0.1, 0.15) is 33.1 Å². The number of hydrogen-bond acceptors (Lipinski definition) is 2. The Kier molecular flexibility index (Phi) is 5.99. The monoisotopic (exact) mass is 130 g/mol. The lowest BCUT2D eigenvalue weighted by Crippen LogP contribution is -2.04. The first-order valence-electron chi connectivity index (χ1n) is 3.62. The molecule has 1 N–H and O–H groups in total. The van der Waals surface area contributed by atoms with Crippen molar-refractivity contribution in [3.63, 3.8) is 0 Å². The fraction of sp³-hybridized carbons (Fsp3) is 1.00. The van der Waals surface area contributed by atoms with E-state index in [0.717, 1.165) is 12.3 Å². The topological polar surface area (TPSA) is 35.1 Å². The van der Waals surface area contributed by atoms with Crippen LogP contribution in [0.3, 0.4) is 0 Å². The average molecular weight is 130 g/mol. The van der Waals surface area contributed by atoms with Crippen LogP contribution in [-0.2, 0) is 0 Å². The molecule has 0 bridgehead atoms. The molecule has 0 unspecified atom stereocenters. The molecule has 56 valence electrons. The Morgan fingerprint density at radius 2 is 2.00 bits per heavy atom. The van der Waals surface area contributed by atoms with Gasteiger partial charge in [-0.15, -0.1) is 0 Å². The normalized spacial score (nSPS) is 10.7. The molecule has 0 aromatic rings. The van der Waals surface area contributed by atoms with Gasteiger partial charge in [-0.2, -0.15) is 0 Å². The van der Waals surface area contributed by atoms with Crippen LogP contribution in [0.15, 0.2) is 0 Å². The van der Waals surface area contributed by atoms with Crippen LogP contribution in [0.2, 0.25) is 0 Å². The number of rotatable bonds is 5. The van der Waals surface area contributed by atoms with Gasteiger partial charge in [0, 0.05) is 0 Å². The van der Waals surface area contributed by atoms with Crippen molar-refractivity contribution in [3.8, 4) is 0 Å². The third kappa shape index (κ3) is 7.92. The van der Waals surface area contributed by atoms with Crippen molar-refractivity contribution < 1.29 is 0 Å². The molecule has 0 rings (SSSR count). The quantitative estimate of drug-likeness (QED) is 0.455. The minimum Gasteiger partial charge on any atom is -0.788 e. The first-order valence-corrected chi connectivity index (χ1v) is 3.62. The zero-order valence-corrected chi connectivity index (χ0v) is 6.31. The molecule has 0 amide bonds. The average Bonchev–Trinajstić information content (AvgIpc) is 1.80. The summed E-state index contributed by atoms with van der Waals surface area (Å²) in [4.78, 5) is 0. The molecule has 2 nitrogen and oxygen atoms in total. The predicted molar refractivity (Wildman–Crippen MR) is 40.1 cm³/mol. The summed E-state index contributed by atoms with van der Waals surface area (Å²) in [5.41, 5.74) is 1.89. The van der Waals surface area contributed by atoms with E-state index in [-0.39, 0.29) is 0 Å². The van der Waals surface area contributed by atoms with Crippen molar-refractivity contribution in [3.05, 3.63) is 5.21 Å². The summed E-state index contributed by atoms with van der Waals surface area (Å²) in [5.74, 6) is 0.775. The van der Waals surface area contributed by atoms with Gasteiger partial charge in [-0.05, 0) is 18.9 Å². The van der Waals surface area contributed by atoms with Crippen LogP contribution >= 0.6 is 0 Å². The summed E-state index contributed by atoms with van der Waals surface area (Å²) in [7, 11) is 0. The van der Waals surface area contributed by atoms with Crippen LogP contribution in [0.5, 0.6) is 0 Å². The maximum Gasteiger partial charge on any atom is -0.0170 e. The van der Waals surface area contributed by atoms with Crippen LogP contribution in [0.25, 0.3) is 0 Å². The molecule has 0 atom stereocenters. The zero-order chi connectivity index (χ0) is 7.11. The molecule has 2 heteroatoms. The van der Waals surface area contributed by atoms with Crippen LogP contribution < -0.4 is 5.48 Å². The Morgan fingerprint density at radius 1 is 1.33 bits per heavy atom. The molecular weight excluding hydrogens is 114 g/mol. The van der Waals surface area contributed by atoms with E-state index in [4.69, 9.17) is 0 Å². The van der Waals surface area contributed by atoms with Crippen LogP contribution in [-0.4, -0.2) is 6.54 Å². The van der Waals surface area contributed by atoms with Gasteiger partial charge in [0.05, 0.1) is 0 Å². The van der Waals surface area contributed by atoms with Crippen molar-refractivity contribution in [2.24, 2.45) is 5.92 Å². The van der Waals surface area contributed by atoms with Gasteiger partial charge < -0.3 is 10.7 Å². The molecule has 0 spiro atoms. The lowest BCUT2D eigenvalue weighted by atomic mass is 10.1. The first kappa shape index (κ1) is 8.92. The van der Waals surface area contributed by atoms with Crippen molar-refractivity contribution in [2.45, 2.75) is 33.1 Å². The van der Waals surface area contributed by atoms with E-state index in [1.54, 1.807) is 0 Å². The van der Waals surface area contributed by atoms with Crippen molar-refractivity contribution in [1.29, 1.82) is 0 Å². The zero-order valence-electron chi connectivity index (χ0n) is 6.31. The van der Waals surface area contributed by atoms with E-state index < -0.39 is 0 Å².